The monoisotopic (exact) mass is 248 g/mol. The van der Waals surface area contributed by atoms with Crippen LogP contribution in [-0.4, -0.2) is 9.88 Å². The van der Waals surface area contributed by atoms with Crippen molar-refractivity contribution in [2.45, 2.75) is 19.4 Å². The van der Waals surface area contributed by atoms with Crippen LogP contribution < -0.4 is 0 Å². The van der Waals surface area contributed by atoms with Gasteiger partial charge in [-0.3, -0.25) is 0 Å². The Morgan fingerprint density at radius 1 is 1.21 bits per heavy atom. The Hall–Kier alpha value is -2.22. The molecule has 0 bridgehead atoms. The summed E-state index contributed by atoms with van der Waals surface area (Å²) in [6.45, 7) is 2.19. The lowest BCUT2D eigenvalue weighted by Gasteiger charge is -2.31. The van der Waals surface area contributed by atoms with Crippen LogP contribution >= 0.6 is 0 Å². The van der Waals surface area contributed by atoms with E-state index in [-0.39, 0.29) is 0 Å². The summed E-state index contributed by atoms with van der Waals surface area (Å²) in [7, 11) is 0. The van der Waals surface area contributed by atoms with Gasteiger partial charge in [0.25, 0.3) is 0 Å². The third-order valence-electron chi connectivity index (χ3n) is 4.02. The first-order valence-electron chi connectivity index (χ1n) is 6.82. The summed E-state index contributed by atoms with van der Waals surface area (Å²) in [6, 6.07) is 8.82. The standard InChI is InChI=1S/C17H16N2/c1-2-12-7-8-16-17-14(9-10-19(16)11-12)13-5-3-4-6-15(13)18-17/h3-11,16,18H,2H2,1H3. The highest BCUT2D eigenvalue weighted by molar-refractivity contribution is 5.91. The maximum atomic E-state index is 3.57. The number of hydrogen-bond donors (Lipinski definition) is 1. The van der Waals surface area contributed by atoms with Crippen LogP contribution in [-0.2, 0) is 0 Å². The summed E-state index contributed by atoms with van der Waals surface area (Å²) in [4.78, 5) is 5.86. The van der Waals surface area contributed by atoms with Crippen LogP contribution in [0.2, 0.25) is 0 Å². The van der Waals surface area contributed by atoms with Crippen LogP contribution in [0.15, 0.2) is 54.4 Å². The van der Waals surface area contributed by atoms with E-state index in [2.05, 4.69) is 71.7 Å². The normalized spacial score (nSPS) is 20.4. The van der Waals surface area contributed by atoms with Gasteiger partial charge in [-0.15, -0.1) is 0 Å². The molecule has 1 aromatic heterocycles. The molecule has 2 heteroatoms. The number of aromatic amines is 1. The van der Waals surface area contributed by atoms with Gasteiger partial charge in [0.15, 0.2) is 0 Å². The Balaban J connectivity index is 1.89. The third kappa shape index (κ3) is 1.49. The predicted octanol–water partition coefficient (Wildman–Crippen LogP) is 4.36. The van der Waals surface area contributed by atoms with Gasteiger partial charge in [0.2, 0.25) is 0 Å². The van der Waals surface area contributed by atoms with E-state index in [1.54, 1.807) is 0 Å². The molecule has 0 saturated heterocycles. The summed E-state index contributed by atoms with van der Waals surface area (Å²) in [5, 5.41) is 1.31. The van der Waals surface area contributed by atoms with Gasteiger partial charge >= 0.3 is 0 Å². The number of hydrogen-bond acceptors (Lipinski definition) is 1. The largest absolute Gasteiger partial charge is 0.356 e. The van der Waals surface area contributed by atoms with Gasteiger partial charge in [-0.25, -0.2) is 0 Å². The molecule has 1 aromatic carbocycles. The van der Waals surface area contributed by atoms with Gasteiger partial charge in [0, 0.05) is 28.9 Å². The molecule has 1 atom stereocenters. The molecule has 1 unspecified atom stereocenters. The highest BCUT2D eigenvalue weighted by Gasteiger charge is 2.25. The van der Waals surface area contributed by atoms with E-state index in [4.69, 9.17) is 0 Å². The number of rotatable bonds is 1. The number of H-pyrrole nitrogens is 1. The number of benzene rings is 1. The summed E-state index contributed by atoms with van der Waals surface area (Å²) in [5.74, 6) is 0. The Bertz CT molecular complexity index is 731. The van der Waals surface area contributed by atoms with Crippen molar-refractivity contribution >= 4 is 17.0 Å². The van der Waals surface area contributed by atoms with Gasteiger partial charge in [0.05, 0.1) is 11.7 Å². The predicted molar refractivity (Wildman–Crippen MR) is 79.4 cm³/mol. The summed E-state index contributed by atoms with van der Waals surface area (Å²) >= 11 is 0. The lowest BCUT2D eigenvalue weighted by atomic mass is 9.98. The van der Waals surface area contributed by atoms with Gasteiger partial charge in [-0.1, -0.05) is 37.3 Å². The van der Waals surface area contributed by atoms with E-state index in [0.29, 0.717) is 6.04 Å². The molecule has 1 N–H and O–H groups in total. The number of para-hydroxylation sites is 1. The molecule has 0 fully saturated rings. The molecule has 2 aliphatic heterocycles. The fourth-order valence-electron chi connectivity index (χ4n) is 2.98. The molecule has 0 radical (unpaired) electrons. The zero-order valence-corrected chi connectivity index (χ0v) is 10.9. The molecule has 4 rings (SSSR count). The topological polar surface area (TPSA) is 19.0 Å². The number of fused-ring (bicyclic) bond motifs is 5. The van der Waals surface area contributed by atoms with Crippen molar-refractivity contribution in [1.29, 1.82) is 0 Å². The zero-order chi connectivity index (χ0) is 12.8. The first kappa shape index (κ1) is 10.7. The molecule has 0 saturated carbocycles. The molecule has 0 amide bonds. The number of nitrogens with one attached hydrogen (secondary N) is 1. The van der Waals surface area contributed by atoms with Gasteiger partial charge < -0.3 is 9.88 Å². The first-order chi connectivity index (χ1) is 9.36. The second kappa shape index (κ2) is 3.89. The first-order valence-corrected chi connectivity index (χ1v) is 6.82. The molecule has 2 aromatic rings. The number of allylic oxidation sites excluding steroid dienone is 2. The average Bonchev–Trinajstić information content (AvgIpc) is 2.85. The minimum Gasteiger partial charge on any atom is -0.356 e. The smallest absolute Gasteiger partial charge is 0.0922 e. The third-order valence-corrected chi connectivity index (χ3v) is 4.02. The van der Waals surface area contributed by atoms with E-state index in [1.807, 2.05) is 0 Å². The lowest BCUT2D eigenvalue weighted by molar-refractivity contribution is 0.419. The van der Waals surface area contributed by atoms with Crippen LogP contribution in [0.4, 0.5) is 0 Å². The van der Waals surface area contributed by atoms with Gasteiger partial charge in [-0.2, -0.15) is 0 Å². The van der Waals surface area contributed by atoms with Crippen LogP contribution in [0.25, 0.3) is 17.0 Å². The Kier molecular flexibility index (Phi) is 2.18. The van der Waals surface area contributed by atoms with Crippen LogP contribution in [0.3, 0.4) is 0 Å². The van der Waals surface area contributed by atoms with Crippen molar-refractivity contribution in [3.63, 3.8) is 0 Å². The van der Waals surface area contributed by atoms with Crippen molar-refractivity contribution < 1.29 is 0 Å². The Morgan fingerprint density at radius 2 is 2.11 bits per heavy atom. The second-order valence-corrected chi connectivity index (χ2v) is 5.12. The van der Waals surface area contributed by atoms with Crippen molar-refractivity contribution in [2.75, 3.05) is 0 Å². The van der Waals surface area contributed by atoms with E-state index >= 15 is 0 Å². The van der Waals surface area contributed by atoms with Crippen molar-refractivity contribution in [3.8, 4) is 0 Å². The second-order valence-electron chi connectivity index (χ2n) is 5.12. The zero-order valence-electron chi connectivity index (χ0n) is 10.9. The van der Waals surface area contributed by atoms with E-state index in [1.165, 1.54) is 27.7 Å². The molecule has 0 spiro atoms. The van der Waals surface area contributed by atoms with Crippen LogP contribution in [0, 0.1) is 0 Å². The van der Waals surface area contributed by atoms with E-state index in [0.717, 1.165) is 6.42 Å². The fraction of sp³-hybridized carbons (Fsp3) is 0.176. The maximum absolute atomic E-state index is 3.57. The highest BCUT2D eigenvalue weighted by atomic mass is 15.1. The van der Waals surface area contributed by atoms with Crippen molar-refractivity contribution in [1.82, 2.24) is 9.88 Å². The summed E-state index contributed by atoms with van der Waals surface area (Å²) in [6.07, 6.45) is 12.3. The lowest BCUT2D eigenvalue weighted by Crippen LogP contribution is -2.22. The van der Waals surface area contributed by atoms with Gasteiger partial charge in [-0.05, 0) is 24.1 Å². The quantitative estimate of drug-likeness (QED) is 0.794. The Labute approximate surface area is 112 Å². The molecular weight excluding hydrogens is 232 g/mol. The SMILES string of the molecule is CCC1=CN2C=Cc3c([nH]c4ccccc34)C2C=C1. The molecule has 2 aliphatic rings. The minimum atomic E-state index is 0.308. The van der Waals surface area contributed by atoms with Gasteiger partial charge in [0.1, 0.15) is 0 Å². The molecule has 19 heavy (non-hydrogen) atoms. The van der Waals surface area contributed by atoms with E-state index < -0.39 is 0 Å². The maximum Gasteiger partial charge on any atom is 0.0922 e. The highest BCUT2D eigenvalue weighted by Crippen LogP contribution is 2.37. The van der Waals surface area contributed by atoms with Crippen LogP contribution in [0.5, 0.6) is 0 Å². The Morgan fingerprint density at radius 3 is 3.00 bits per heavy atom. The number of nitrogens with zero attached hydrogens (tertiary/aromatic N) is 1. The minimum absolute atomic E-state index is 0.308. The number of aromatic nitrogens is 1. The summed E-state index contributed by atoms with van der Waals surface area (Å²) < 4.78 is 0. The van der Waals surface area contributed by atoms with Crippen molar-refractivity contribution in [3.05, 3.63) is 65.6 Å². The molecule has 0 aliphatic carbocycles. The molecular formula is C17H16N2. The van der Waals surface area contributed by atoms with Crippen LogP contribution in [0.1, 0.15) is 30.6 Å². The van der Waals surface area contributed by atoms with E-state index in [9.17, 15) is 0 Å². The fourth-order valence-corrected chi connectivity index (χ4v) is 2.98. The summed E-state index contributed by atoms with van der Waals surface area (Å²) in [5.41, 5.74) is 5.22. The molecule has 3 heterocycles. The average molecular weight is 248 g/mol. The van der Waals surface area contributed by atoms with Crippen molar-refractivity contribution in [2.24, 2.45) is 0 Å². The molecule has 2 nitrogen and oxygen atoms in total. The molecule has 94 valence electrons.